The van der Waals surface area contributed by atoms with Crippen LogP contribution >= 0.6 is 0 Å². The third kappa shape index (κ3) is 2.48. The third-order valence-electron chi connectivity index (χ3n) is 7.02. The monoisotopic (exact) mass is 444 g/mol. The topological polar surface area (TPSA) is 182 Å². The Morgan fingerprint density at radius 3 is 2.34 bits per heavy atom. The van der Waals surface area contributed by atoms with Crippen molar-refractivity contribution in [3.05, 3.63) is 46.2 Å². The van der Waals surface area contributed by atoms with Gasteiger partial charge in [0.05, 0.1) is 17.2 Å². The number of aromatic hydroxyl groups is 1. The summed E-state index contributed by atoms with van der Waals surface area (Å²) in [5.74, 6) is -7.90. The predicted molar refractivity (Wildman–Crippen MR) is 110 cm³/mol. The van der Waals surface area contributed by atoms with Crippen LogP contribution in [-0.4, -0.2) is 73.6 Å². The van der Waals surface area contributed by atoms with Crippen LogP contribution in [0.1, 0.15) is 24.5 Å². The molecule has 4 rings (SSSR count). The van der Waals surface area contributed by atoms with Gasteiger partial charge in [0.2, 0.25) is 5.78 Å². The van der Waals surface area contributed by atoms with Crippen LogP contribution < -0.4 is 5.73 Å². The van der Waals surface area contributed by atoms with Gasteiger partial charge in [-0.15, -0.1) is 0 Å². The molecule has 0 aliphatic heterocycles. The van der Waals surface area contributed by atoms with Crippen LogP contribution in [0.5, 0.6) is 5.75 Å². The summed E-state index contributed by atoms with van der Waals surface area (Å²) in [6.45, 7) is 1.40. The lowest BCUT2D eigenvalue weighted by Gasteiger charge is -2.53. The first-order valence-corrected chi connectivity index (χ1v) is 9.97. The maximum Gasteiger partial charge on any atom is 0.255 e. The number of nitrogens with zero attached hydrogens (tertiary/aromatic N) is 1. The summed E-state index contributed by atoms with van der Waals surface area (Å²) in [4.78, 5) is 40.0. The summed E-state index contributed by atoms with van der Waals surface area (Å²) in [7, 11) is 3.01. The van der Waals surface area contributed by atoms with Crippen LogP contribution in [-0.2, 0) is 20.0 Å². The number of carbonyl (C=O) groups excluding carboxylic acids is 3. The number of hydrogen-bond donors (Lipinski definition) is 6. The number of nitrogens with two attached hydrogens (primary N) is 1. The number of benzene rings is 1. The molecule has 0 heterocycles. The fraction of sp³-hybridized carbons (Fsp3) is 0.409. The first-order chi connectivity index (χ1) is 14.8. The van der Waals surface area contributed by atoms with Crippen molar-refractivity contribution in [3.8, 4) is 5.75 Å². The molecule has 3 aliphatic carbocycles. The Morgan fingerprint density at radius 1 is 1.16 bits per heavy atom. The molecule has 10 nitrogen and oxygen atoms in total. The average molecular weight is 444 g/mol. The second-order valence-electron chi connectivity index (χ2n) is 8.96. The number of phenolic OH excluding ortho intramolecular Hbond substituents is 1. The summed E-state index contributed by atoms with van der Waals surface area (Å²) in [5.41, 5.74) is -0.548. The Labute approximate surface area is 182 Å². The van der Waals surface area contributed by atoms with Gasteiger partial charge in [-0.2, -0.15) is 0 Å². The average Bonchev–Trinajstić information content (AvgIpc) is 2.68. The molecule has 1 amide bonds. The molecule has 0 saturated heterocycles. The standard InChI is InChI=1S/C22H24N2O8/c1-21(31)8-5-4-6-11(25)12(8)16(26)13-9(21)7-10-15(24(2)3)17(27)14(20(23)30)19(29)22(10,32)18(13)28/h4-6,9-10,15,25-26,29,31-32H,7H2,1-3H3,(H2,23,30)/t9?,10-,15?,21+,22-/m0/s1. The number of fused-ring (bicyclic) bond motifs is 3. The molecule has 1 saturated carbocycles. The van der Waals surface area contributed by atoms with E-state index < -0.39 is 75.0 Å². The minimum Gasteiger partial charge on any atom is -0.508 e. The van der Waals surface area contributed by atoms with Crippen molar-refractivity contribution in [1.29, 1.82) is 0 Å². The Hall–Kier alpha value is -3.21. The molecule has 1 fully saturated rings. The number of aliphatic hydroxyl groups is 4. The van der Waals surface area contributed by atoms with E-state index in [2.05, 4.69) is 0 Å². The molecule has 32 heavy (non-hydrogen) atoms. The lowest BCUT2D eigenvalue weighted by atomic mass is 9.54. The van der Waals surface area contributed by atoms with E-state index in [1.165, 1.54) is 44.1 Å². The zero-order valence-electron chi connectivity index (χ0n) is 17.7. The number of aliphatic hydroxyl groups excluding tert-OH is 2. The van der Waals surface area contributed by atoms with E-state index in [1.54, 1.807) is 0 Å². The highest BCUT2D eigenvalue weighted by molar-refractivity contribution is 6.24. The van der Waals surface area contributed by atoms with E-state index in [0.717, 1.165) is 0 Å². The van der Waals surface area contributed by atoms with Crippen LogP contribution in [0.3, 0.4) is 0 Å². The van der Waals surface area contributed by atoms with Crippen molar-refractivity contribution in [2.75, 3.05) is 14.1 Å². The molecule has 5 atom stereocenters. The molecule has 7 N–H and O–H groups in total. The van der Waals surface area contributed by atoms with Gasteiger partial charge in [-0.05, 0) is 39.1 Å². The fourth-order valence-corrected chi connectivity index (χ4v) is 5.50. The maximum absolute atomic E-state index is 13.7. The SMILES string of the molecule is CN(C)C1C(=O)C(C(N)=O)=C(O)[C@@]2(O)C(=O)C3=C(O)c4c(O)cccc4[C@@](C)(O)C3C[C@@H]12. The van der Waals surface area contributed by atoms with Crippen LogP contribution in [0, 0.1) is 11.8 Å². The van der Waals surface area contributed by atoms with Crippen LogP contribution in [0.15, 0.2) is 35.1 Å². The molecule has 0 radical (unpaired) electrons. The minimum atomic E-state index is -2.75. The van der Waals surface area contributed by atoms with Crippen molar-refractivity contribution in [2.45, 2.75) is 30.6 Å². The second kappa shape index (κ2) is 6.64. The highest BCUT2D eigenvalue weighted by Crippen LogP contribution is 2.57. The van der Waals surface area contributed by atoms with E-state index in [4.69, 9.17) is 5.73 Å². The van der Waals surface area contributed by atoms with Gasteiger partial charge in [-0.1, -0.05) is 12.1 Å². The van der Waals surface area contributed by atoms with Crippen molar-refractivity contribution >= 4 is 23.2 Å². The van der Waals surface area contributed by atoms with E-state index in [-0.39, 0.29) is 17.5 Å². The number of amides is 1. The summed E-state index contributed by atoms with van der Waals surface area (Å²) in [5, 5.41) is 54.9. The molecule has 170 valence electrons. The van der Waals surface area contributed by atoms with Gasteiger partial charge in [0.25, 0.3) is 5.91 Å². The number of phenols is 1. The number of likely N-dealkylation sites (N-methyl/N-ethyl adjacent to an activating group) is 1. The number of Topliss-reactive ketones (excluding diaryl/α,β-unsaturated/α-hetero) is 2. The third-order valence-corrected chi connectivity index (χ3v) is 7.02. The zero-order valence-corrected chi connectivity index (χ0v) is 17.7. The Balaban J connectivity index is 2.05. The first kappa shape index (κ1) is 22.0. The highest BCUT2D eigenvalue weighted by Gasteiger charge is 2.66. The molecule has 2 unspecified atom stereocenters. The molecule has 1 aromatic rings. The molecular weight excluding hydrogens is 420 g/mol. The van der Waals surface area contributed by atoms with Gasteiger partial charge in [0.1, 0.15) is 22.8 Å². The quantitative estimate of drug-likeness (QED) is 0.332. The van der Waals surface area contributed by atoms with Crippen molar-refractivity contribution < 1.29 is 39.9 Å². The Bertz CT molecular complexity index is 1150. The number of rotatable bonds is 2. The molecule has 10 heteroatoms. The Morgan fingerprint density at radius 2 is 1.78 bits per heavy atom. The van der Waals surface area contributed by atoms with Gasteiger partial charge in [0.15, 0.2) is 11.4 Å². The smallest absolute Gasteiger partial charge is 0.255 e. The van der Waals surface area contributed by atoms with Gasteiger partial charge < -0.3 is 31.3 Å². The van der Waals surface area contributed by atoms with Crippen LogP contribution in [0.2, 0.25) is 0 Å². The molecule has 3 aliphatic rings. The van der Waals surface area contributed by atoms with E-state index in [1.807, 2.05) is 0 Å². The number of hydrogen-bond acceptors (Lipinski definition) is 9. The van der Waals surface area contributed by atoms with Crippen LogP contribution in [0.4, 0.5) is 0 Å². The van der Waals surface area contributed by atoms with E-state index in [9.17, 15) is 39.9 Å². The van der Waals surface area contributed by atoms with Gasteiger partial charge >= 0.3 is 0 Å². The number of primary amides is 1. The number of ketones is 2. The fourth-order valence-electron chi connectivity index (χ4n) is 5.50. The largest absolute Gasteiger partial charge is 0.508 e. The lowest BCUT2D eigenvalue weighted by Crippen LogP contribution is -2.67. The summed E-state index contributed by atoms with van der Waals surface area (Å²) < 4.78 is 0. The maximum atomic E-state index is 13.7. The second-order valence-corrected chi connectivity index (χ2v) is 8.96. The van der Waals surface area contributed by atoms with E-state index in [0.29, 0.717) is 0 Å². The lowest BCUT2D eigenvalue weighted by molar-refractivity contribution is -0.159. The molecule has 0 spiro atoms. The Kier molecular flexibility index (Phi) is 4.57. The van der Waals surface area contributed by atoms with E-state index >= 15 is 0 Å². The first-order valence-electron chi connectivity index (χ1n) is 9.97. The highest BCUT2D eigenvalue weighted by atomic mass is 16.3. The zero-order chi connectivity index (χ0) is 23.9. The molecular formula is C22H24N2O8. The van der Waals surface area contributed by atoms with Crippen LogP contribution in [0.25, 0.3) is 5.76 Å². The van der Waals surface area contributed by atoms with Gasteiger partial charge in [-0.25, -0.2) is 0 Å². The normalized spacial score (nSPS) is 34.4. The summed E-state index contributed by atoms with van der Waals surface area (Å²) in [6.07, 6.45) is -0.200. The number of carbonyl (C=O) groups is 3. The summed E-state index contributed by atoms with van der Waals surface area (Å²) >= 11 is 0. The molecule has 0 bridgehead atoms. The van der Waals surface area contributed by atoms with Crippen molar-refractivity contribution in [3.63, 3.8) is 0 Å². The van der Waals surface area contributed by atoms with Gasteiger partial charge in [-0.3, -0.25) is 19.3 Å². The van der Waals surface area contributed by atoms with Gasteiger partial charge in [0, 0.05) is 17.4 Å². The van der Waals surface area contributed by atoms with Crippen molar-refractivity contribution in [1.82, 2.24) is 4.90 Å². The predicted octanol–water partition coefficient (Wildman–Crippen LogP) is -0.371. The summed E-state index contributed by atoms with van der Waals surface area (Å²) in [6, 6.07) is 3.02. The molecule has 1 aromatic carbocycles. The molecule has 0 aromatic heterocycles. The minimum absolute atomic E-state index is 0.170. The van der Waals surface area contributed by atoms with Crippen molar-refractivity contribution in [2.24, 2.45) is 17.6 Å².